The summed E-state index contributed by atoms with van der Waals surface area (Å²) in [6.07, 6.45) is 3.80. The molecule has 1 aliphatic carbocycles. The quantitative estimate of drug-likeness (QED) is 0.642. The second kappa shape index (κ2) is 6.72. The SMILES string of the molecule is CCOC1CC(NCCCC(C)CO)C1(C)C. The summed E-state index contributed by atoms with van der Waals surface area (Å²) in [6.45, 7) is 10.9. The molecule has 0 aromatic carbocycles. The highest BCUT2D eigenvalue weighted by molar-refractivity contribution is 5.02. The fourth-order valence-electron chi connectivity index (χ4n) is 2.53. The van der Waals surface area contributed by atoms with Crippen molar-refractivity contribution in [2.75, 3.05) is 19.8 Å². The van der Waals surface area contributed by atoms with E-state index < -0.39 is 0 Å². The molecule has 3 unspecified atom stereocenters. The normalized spacial score (nSPS) is 28.8. The number of rotatable bonds is 8. The number of aliphatic hydroxyl groups excluding tert-OH is 1. The molecular weight excluding hydrogens is 214 g/mol. The zero-order valence-corrected chi connectivity index (χ0v) is 11.8. The highest BCUT2D eigenvalue weighted by Crippen LogP contribution is 2.42. The van der Waals surface area contributed by atoms with E-state index in [0.717, 1.165) is 32.4 Å². The zero-order valence-electron chi connectivity index (χ0n) is 11.8. The van der Waals surface area contributed by atoms with E-state index in [1.54, 1.807) is 0 Å². The van der Waals surface area contributed by atoms with Crippen LogP contribution in [0.1, 0.15) is 47.0 Å². The van der Waals surface area contributed by atoms with Crippen LogP contribution in [0.15, 0.2) is 0 Å². The van der Waals surface area contributed by atoms with Gasteiger partial charge < -0.3 is 15.2 Å². The van der Waals surface area contributed by atoms with Gasteiger partial charge in [0.05, 0.1) is 6.10 Å². The lowest BCUT2D eigenvalue weighted by Gasteiger charge is -2.52. The number of hydrogen-bond donors (Lipinski definition) is 2. The smallest absolute Gasteiger partial charge is 0.0655 e. The van der Waals surface area contributed by atoms with Crippen molar-refractivity contribution in [1.82, 2.24) is 5.32 Å². The Hall–Kier alpha value is -0.120. The molecule has 1 rings (SSSR count). The largest absolute Gasteiger partial charge is 0.396 e. The van der Waals surface area contributed by atoms with Crippen molar-refractivity contribution in [3.8, 4) is 0 Å². The summed E-state index contributed by atoms with van der Waals surface area (Å²) < 4.78 is 5.71. The fraction of sp³-hybridized carbons (Fsp3) is 1.00. The second-order valence-electron chi connectivity index (χ2n) is 5.94. The first-order chi connectivity index (χ1) is 8.02. The third-order valence-electron chi connectivity index (χ3n) is 4.12. The zero-order chi connectivity index (χ0) is 12.9. The maximum atomic E-state index is 8.94. The first kappa shape index (κ1) is 14.9. The van der Waals surface area contributed by atoms with Gasteiger partial charge in [-0.2, -0.15) is 0 Å². The van der Waals surface area contributed by atoms with Crippen molar-refractivity contribution in [2.24, 2.45) is 11.3 Å². The number of hydrogen-bond acceptors (Lipinski definition) is 3. The minimum atomic E-state index is 0.263. The third-order valence-corrected chi connectivity index (χ3v) is 4.12. The molecule has 0 saturated heterocycles. The monoisotopic (exact) mass is 243 g/mol. The third kappa shape index (κ3) is 3.94. The van der Waals surface area contributed by atoms with E-state index in [0.29, 0.717) is 24.7 Å². The van der Waals surface area contributed by atoms with Crippen LogP contribution in [0.5, 0.6) is 0 Å². The second-order valence-corrected chi connectivity index (χ2v) is 5.94. The van der Waals surface area contributed by atoms with Crippen molar-refractivity contribution in [3.63, 3.8) is 0 Å². The number of aliphatic hydroxyl groups is 1. The Bertz CT molecular complexity index is 218. The van der Waals surface area contributed by atoms with Gasteiger partial charge in [-0.3, -0.25) is 0 Å². The number of ether oxygens (including phenoxy) is 1. The molecular formula is C14H29NO2. The van der Waals surface area contributed by atoms with Crippen molar-refractivity contribution in [3.05, 3.63) is 0 Å². The van der Waals surface area contributed by atoms with Gasteiger partial charge >= 0.3 is 0 Å². The Morgan fingerprint density at radius 3 is 2.71 bits per heavy atom. The predicted octanol–water partition coefficient (Wildman–Crippen LogP) is 2.19. The number of nitrogens with one attached hydrogen (secondary N) is 1. The maximum absolute atomic E-state index is 8.94. The molecule has 1 fully saturated rings. The van der Waals surface area contributed by atoms with E-state index in [4.69, 9.17) is 9.84 Å². The van der Waals surface area contributed by atoms with Gasteiger partial charge in [-0.25, -0.2) is 0 Å². The van der Waals surface area contributed by atoms with Gasteiger partial charge in [-0.15, -0.1) is 0 Å². The van der Waals surface area contributed by atoms with E-state index in [-0.39, 0.29) is 5.41 Å². The van der Waals surface area contributed by atoms with Crippen LogP contribution in [0.3, 0.4) is 0 Å². The standard InChI is InChI=1S/C14H29NO2/c1-5-17-13-9-12(14(13,3)4)15-8-6-7-11(2)10-16/h11-13,15-16H,5-10H2,1-4H3. The average Bonchev–Trinajstić information content (AvgIpc) is 2.31. The van der Waals surface area contributed by atoms with Crippen LogP contribution in [0.2, 0.25) is 0 Å². The Morgan fingerprint density at radius 1 is 1.47 bits per heavy atom. The summed E-state index contributed by atoms with van der Waals surface area (Å²) in [5, 5.41) is 12.6. The molecule has 1 saturated carbocycles. The first-order valence-electron chi connectivity index (χ1n) is 6.98. The average molecular weight is 243 g/mol. The van der Waals surface area contributed by atoms with Gasteiger partial charge in [0.15, 0.2) is 0 Å². The Labute approximate surface area is 106 Å². The molecule has 2 N–H and O–H groups in total. The molecule has 0 bridgehead atoms. The molecule has 102 valence electrons. The Balaban J connectivity index is 2.13. The minimum absolute atomic E-state index is 0.263. The molecule has 3 nitrogen and oxygen atoms in total. The van der Waals surface area contributed by atoms with Crippen LogP contribution < -0.4 is 5.32 Å². The van der Waals surface area contributed by atoms with Gasteiger partial charge in [0.1, 0.15) is 0 Å². The molecule has 3 heteroatoms. The van der Waals surface area contributed by atoms with Crippen molar-refractivity contribution in [1.29, 1.82) is 0 Å². The van der Waals surface area contributed by atoms with E-state index in [2.05, 4.69) is 33.0 Å². The van der Waals surface area contributed by atoms with Crippen molar-refractivity contribution >= 4 is 0 Å². The Morgan fingerprint density at radius 2 is 2.18 bits per heavy atom. The van der Waals surface area contributed by atoms with Crippen LogP contribution >= 0.6 is 0 Å². The van der Waals surface area contributed by atoms with E-state index >= 15 is 0 Å². The molecule has 0 amide bonds. The topological polar surface area (TPSA) is 41.5 Å². The van der Waals surface area contributed by atoms with Gasteiger partial charge in [-0.05, 0) is 38.6 Å². The van der Waals surface area contributed by atoms with E-state index in [9.17, 15) is 0 Å². The van der Waals surface area contributed by atoms with E-state index in [1.807, 2.05) is 0 Å². The Kier molecular flexibility index (Phi) is 5.90. The molecule has 0 aliphatic heterocycles. The molecule has 3 atom stereocenters. The molecule has 17 heavy (non-hydrogen) atoms. The summed E-state index contributed by atoms with van der Waals surface area (Å²) in [6, 6.07) is 0.587. The lowest BCUT2D eigenvalue weighted by atomic mass is 9.64. The lowest BCUT2D eigenvalue weighted by molar-refractivity contribution is -0.114. The highest BCUT2D eigenvalue weighted by Gasteiger charge is 2.48. The van der Waals surface area contributed by atoms with Crippen LogP contribution in [0.4, 0.5) is 0 Å². The summed E-state index contributed by atoms with van der Waals surface area (Å²) in [4.78, 5) is 0. The van der Waals surface area contributed by atoms with Crippen molar-refractivity contribution < 1.29 is 9.84 Å². The van der Waals surface area contributed by atoms with Crippen LogP contribution in [-0.4, -0.2) is 37.0 Å². The molecule has 0 spiro atoms. The van der Waals surface area contributed by atoms with Crippen molar-refractivity contribution in [2.45, 2.75) is 59.1 Å². The lowest BCUT2D eigenvalue weighted by Crippen LogP contribution is -2.61. The van der Waals surface area contributed by atoms with Gasteiger partial charge in [0, 0.05) is 24.7 Å². The predicted molar refractivity (Wildman–Crippen MR) is 71.1 cm³/mol. The van der Waals surface area contributed by atoms with Gasteiger partial charge in [-0.1, -0.05) is 20.8 Å². The van der Waals surface area contributed by atoms with Crippen LogP contribution in [0.25, 0.3) is 0 Å². The molecule has 0 aromatic heterocycles. The van der Waals surface area contributed by atoms with E-state index in [1.165, 1.54) is 0 Å². The molecule has 0 aromatic rings. The van der Waals surface area contributed by atoms with Crippen LogP contribution in [-0.2, 0) is 4.74 Å². The molecule has 0 heterocycles. The summed E-state index contributed by atoms with van der Waals surface area (Å²) in [5.74, 6) is 0.433. The first-order valence-corrected chi connectivity index (χ1v) is 6.98. The molecule has 0 radical (unpaired) electrons. The van der Waals surface area contributed by atoms with Gasteiger partial charge in [0.25, 0.3) is 0 Å². The minimum Gasteiger partial charge on any atom is -0.396 e. The fourth-order valence-corrected chi connectivity index (χ4v) is 2.53. The summed E-state index contributed by atoms with van der Waals surface area (Å²) in [5.41, 5.74) is 0.263. The summed E-state index contributed by atoms with van der Waals surface area (Å²) in [7, 11) is 0. The molecule has 1 aliphatic rings. The van der Waals surface area contributed by atoms with Crippen LogP contribution in [0, 0.1) is 11.3 Å². The highest BCUT2D eigenvalue weighted by atomic mass is 16.5. The van der Waals surface area contributed by atoms with Gasteiger partial charge in [0.2, 0.25) is 0 Å². The maximum Gasteiger partial charge on any atom is 0.0655 e. The summed E-state index contributed by atoms with van der Waals surface area (Å²) >= 11 is 0.